The molecule has 2 aliphatic heterocycles. The molecule has 2 N–H and O–H groups in total. The van der Waals surface area contributed by atoms with E-state index in [4.69, 9.17) is 5.73 Å². The summed E-state index contributed by atoms with van der Waals surface area (Å²) in [5, 5.41) is 0. The van der Waals surface area contributed by atoms with Crippen LogP contribution in [0.4, 0.5) is 18.9 Å². The number of piperidine rings is 2. The third-order valence-electron chi connectivity index (χ3n) is 9.38. The van der Waals surface area contributed by atoms with E-state index in [1.165, 1.54) is 0 Å². The van der Waals surface area contributed by atoms with Crippen LogP contribution in [0.2, 0.25) is 0 Å². The maximum atomic E-state index is 13.6. The van der Waals surface area contributed by atoms with E-state index >= 15 is 0 Å². The van der Waals surface area contributed by atoms with Gasteiger partial charge in [0.1, 0.15) is 6.04 Å². The first kappa shape index (κ1) is 28.5. The Morgan fingerprint density at radius 1 is 0.950 bits per heavy atom. The van der Waals surface area contributed by atoms with E-state index in [2.05, 4.69) is 4.90 Å². The average Bonchev–Trinajstić information content (AvgIpc) is 2.94. The maximum Gasteiger partial charge on any atom is 0.395 e. The van der Waals surface area contributed by atoms with Crippen molar-refractivity contribution in [1.82, 2.24) is 9.80 Å². The number of nitrogens with zero attached hydrogens (tertiary/aromatic N) is 3. The van der Waals surface area contributed by atoms with E-state index in [1.807, 2.05) is 54.4 Å². The molecule has 2 amide bonds. The van der Waals surface area contributed by atoms with Crippen molar-refractivity contribution < 1.29 is 22.8 Å². The molecule has 0 aromatic heterocycles. The van der Waals surface area contributed by atoms with Gasteiger partial charge in [-0.25, -0.2) is 0 Å². The molecule has 2 saturated heterocycles. The second kappa shape index (κ2) is 11.4. The smallest absolute Gasteiger partial charge is 0.372 e. The summed E-state index contributed by atoms with van der Waals surface area (Å²) >= 11 is 0. The molecule has 1 saturated carbocycles. The Morgan fingerprint density at radius 3 is 2.23 bits per heavy atom. The van der Waals surface area contributed by atoms with Gasteiger partial charge in [-0.3, -0.25) is 9.59 Å². The molecule has 0 unspecified atom stereocenters. The highest BCUT2D eigenvalue weighted by atomic mass is 19.4. The number of alkyl halides is 3. The lowest BCUT2D eigenvalue weighted by Crippen LogP contribution is -2.54. The van der Waals surface area contributed by atoms with Crippen molar-refractivity contribution in [3.63, 3.8) is 0 Å². The van der Waals surface area contributed by atoms with Gasteiger partial charge in [0.25, 0.3) is 5.91 Å². The normalized spacial score (nSPS) is 22.0. The van der Waals surface area contributed by atoms with E-state index in [-0.39, 0.29) is 31.3 Å². The predicted octanol–water partition coefficient (Wildman–Crippen LogP) is 5.47. The van der Waals surface area contributed by atoms with Gasteiger partial charge in [0.15, 0.2) is 0 Å². The molecule has 1 aliphatic carbocycles. The lowest BCUT2D eigenvalue weighted by atomic mass is 9.67. The van der Waals surface area contributed by atoms with Gasteiger partial charge in [-0.1, -0.05) is 36.8 Å². The van der Waals surface area contributed by atoms with E-state index in [9.17, 15) is 22.8 Å². The zero-order chi connectivity index (χ0) is 28.5. The van der Waals surface area contributed by atoms with Crippen LogP contribution in [-0.4, -0.2) is 73.1 Å². The zero-order valence-corrected chi connectivity index (χ0v) is 23.1. The summed E-state index contributed by atoms with van der Waals surface area (Å²) in [5.41, 5.74) is 7.38. The van der Waals surface area contributed by atoms with Gasteiger partial charge in [-0.15, -0.1) is 0 Å². The molecule has 40 heavy (non-hydrogen) atoms. The maximum absolute atomic E-state index is 13.6. The van der Waals surface area contributed by atoms with Crippen LogP contribution < -0.4 is 10.6 Å². The van der Waals surface area contributed by atoms with E-state index in [0.29, 0.717) is 38.0 Å². The Morgan fingerprint density at radius 2 is 1.62 bits per heavy atom. The third-order valence-corrected chi connectivity index (χ3v) is 9.38. The topological polar surface area (TPSA) is 69.9 Å². The number of hydrogen-bond donors (Lipinski definition) is 1. The van der Waals surface area contributed by atoms with Crippen LogP contribution in [0, 0.1) is 5.41 Å². The molecule has 0 spiro atoms. The second-order valence-corrected chi connectivity index (χ2v) is 11.8. The fraction of sp³-hybridized carbons (Fsp3) is 0.548. The molecule has 3 fully saturated rings. The molecular weight excluding hydrogens is 517 g/mol. The summed E-state index contributed by atoms with van der Waals surface area (Å²) in [6, 6.07) is 15.2. The summed E-state index contributed by atoms with van der Waals surface area (Å²) in [6.07, 6.45) is 0.998. The molecule has 9 heteroatoms. The fourth-order valence-corrected chi connectivity index (χ4v) is 6.66. The minimum Gasteiger partial charge on any atom is -0.372 e. The van der Waals surface area contributed by atoms with Crippen LogP contribution in [0.1, 0.15) is 61.7 Å². The number of carbonyl (C=O) groups is 2. The molecule has 3 aliphatic rings. The first-order valence-corrected chi connectivity index (χ1v) is 14.4. The molecule has 5 rings (SSSR count). The first-order valence-electron chi connectivity index (χ1n) is 14.4. The van der Waals surface area contributed by atoms with Crippen molar-refractivity contribution >= 4 is 17.5 Å². The molecule has 0 bridgehead atoms. The van der Waals surface area contributed by atoms with Crippen molar-refractivity contribution in [1.29, 1.82) is 0 Å². The third kappa shape index (κ3) is 5.57. The number of primary amides is 1. The van der Waals surface area contributed by atoms with Gasteiger partial charge in [0.05, 0.1) is 5.41 Å². The summed E-state index contributed by atoms with van der Waals surface area (Å²) < 4.78 is 40.9. The highest BCUT2D eigenvalue weighted by molar-refractivity contribution is 6.02. The van der Waals surface area contributed by atoms with E-state index in [1.54, 1.807) is 11.0 Å². The molecule has 216 valence electrons. The number of anilines is 1. The van der Waals surface area contributed by atoms with Crippen LogP contribution in [0.3, 0.4) is 0 Å². The Kier molecular flexibility index (Phi) is 8.13. The SMILES string of the molecule is CN(c1ccc(-c2ccccc2C(=O)N2CCCC[C@@H]2C(N)=O)cc1)C1CCN(CC2(C(F)(F)F)CCC2)CC1. The first-order chi connectivity index (χ1) is 19.1. The number of benzene rings is 2. The Balaban J connectivity index is 1.24. The van der Waals surface area contributed by atoms with Gasteiger partial charge in [-0.2, -0.15) is 13.2 Å². The van der Waals surface area contributed by atoms with Gasteiger partial charge in [0, 0.05) is 50.5 Å². The van der Waals surface area contributed by atoms with Crippen LogP contribution in [0.15, 0.2) is 48.5 Å². The van der Waals surface area contributed by atoms with Crippen LogP contribution in [0.25, 0.3) is 11.1 Å². The van der Waals surface area contributed by atoms with Crippen LogP contribution in [-0.2, 0) is 4.79 Å². The number of hydrogen-bond acceptors (Lipinski definition) is 4. The van der Waals surface area contributed by atoms with E-state index < -0.39 is 23.5 Å². The Labute approximate surface area is 234 Å². The minimum absolute atomic E-state index is 0.122. The van der Waals surface area contributed by atoms with Crippen LogP contribution in [0.5, 0.6) is 0 Å². The molecule has 2 aromatic carbocycles. The lowest BCUT2D eigenvalue weighted by molar-refractivity contribution is -0.256. The van der Waals surface area contributed by atoms with Crippen molar-refractivity contribution in [3.8, 4) is 11.1 Å². The number of rotatable bonds is 7. The fourth-order valence-electron chi connectivity index (χ4n) is 6.66. The molecule has 0 radical (unpaired) electrons. The predicted molar refractivity (Wildman–Crippen MR) is 150 cm³/mol. The van der Waals surface area contributed by atoms with Gasteiger partial charge in [0.2, 0.25) is 5.91 Å². The molecular formula is C31H39F3N4O2. The van der Waals surface area contributed by atoms with Gasteiger partial charge >= 0.3 is 6.18 Å². The van der Waals surface area contributed by atoms with Crippen LogP contribution >= 0.6 is 0 Å². The monoisotopic (exact) mass is 556 g/mol. The van der Waals surface area contributed by atoms with Crippen molar-refractivity contribution in [3.05, 3.63) is 54.1 Å². The largest absolute Gasteiger partial charge is 0.395 e. The summed E-state index contributed by atoms with van der Waals surface area (Å²) in [6.45, 7) is 1.98. The summed E-state index contributed by atoms with van der Waals surface area (Å²) in [5.74, 6) is -0.645. The lowest BCUT2D eigenvalue weighted by Gasteiger charge is -2.48. The average molecular weight is 557 g/mol. The quantitative estimate of drug-likeness (QED) is 0.491. The van der Waals surface area contributed by atoms with E-state index in [0.717, 1.165) is 42.5 Å². The Hall–Kier alpha value is -3.07. The number of carbonyl (C=O) groups excluding carboxylic acids is 2. The highest BCUT2D eigenvalue weighted by Gasteiger charge is 2.58. The Bertz CT molecular complexity index is 1200. The highest BCUT2D eigenvalue weighted by Crippen LogP contribution is 2.53. The summed E-state index contributed by atoms with van der Waals surface area (Å²) in [7, 11) is 2.04. The molecule has 2 heterocycles. The minimum atomic E-state index is -4.12. The van der Waals surface area contributed by atoms with Gasteiger partial charge in [-0.05, 0) is 74.3 Å². The second-order valence-electron chi connectivity index (χ2n) is 11.8. The van der Waals surface area contributed by atoms with Crippen molar-refractivity contribution in [2.75, 3.05) is 38.1 Å². The molecule has 1 atom stereocenters. The zero-order valence-electron chi connectivity index (χ0n) is 23.1. The standard InChI is InChI=1S/C31H39F3N4O2/c1-36(24-14-19-37(20-15-24)21-30(16-6-17-30)31(32,33)34)23-12-10-22(11-13-23)25-7-2-3-8-26(25)29(40)38-18-5-4-9-27(38)28(35)39/h2-3,7-8,10-13,24,27H,4-6,9,14-21H2,1H3,(H2,35,39)/t27-/m1/s1. The number of halogens is 3. The van der Waals surface area contributed by atoms with Crippen molar-refractivity contribution in [2.24, 2.45) is 11.1 Å². The number of amides is 2. The van der Waals surface area contributed by atoms with Crippen molar-refractivity contribution in [2.45, 2.75) is 69.6 Å². The number of nitrogens with two attached hydrogens (primary N) is 1. The molecule has 6 nitrogen and oxygen atoms in total. The molecule has 2 aromatic rings. The summed E-state index contributed by atoms with van der Waals surface area (Å²) in [4.78, 5) is 31.3. The van der Waals surface area contributed by atoms with Gasteiger partial charge < -0.3 is 20.4 Å². The number of likely N-dealkylation sites (tertiary alicyclic amines) is 2.